The van der Waals surface area contributed by atoms with Gasteiger partial charge >= 0.3 is 0 Å². The number of aromatic nitrogens is 4. The second-order valence-electron chi connectivity index (χ2n) is 14.5. The van der Waals surface area contributed by atoms with Crippen molar-refractivity contribution in [2.75, 3.05) is 6.61 Å². The number of halogens is 1. The lowest BCUT2D eigenvalue weighted by molar-refractivity contribution is -0.170. The number of fused-ring (bicyclic) bond motifs is 2. The van der Waals surface area contributed by atoms with Gasteiger partial charge in [0.15, 0.2) is 0 Å². The van der Waals surface area contributed by atoms with Crippen molar-refractivity contribution >= 4 is 33.7 Å². The highest BCUT2D eigenvalue weighted by molar-refractivity contribution is 6.30. The summed E-state index contributed by atoms with van der Waals surface area (Å²) < 4.78 is 20.7. The monoisotopic (exact) mass is 792 g/mol. The van der Waals surface area contributed by atoms with E-state index in [0.717, 1.165) is 22.2 Å². The van der Waals surface area contributed by atoms with Crippen LogP contribution in [0.5, 0.6) is 11.5 Å². The smallest absolute Gasteiger partial charge is 0.238 e. The molecule has 0 amide bonds. The third-order valence-electron chi connectivity index (χ3n) is 10.8. The van der Waals surface area contributed by atoms with E-state index in [4.69, 9.17) is 21.1 Å². The zero-order valence-corrected chi connectivity index (χ0v) is 33.0. The van der Waals surface area contributed by atoms with Crippen LogP contribution < -0.4 is 20.7 Å². The number of benzene rings is 6. The van der Waals surface area contributed by atoms with Crippen LogP contribution in [0.25, 0.3) is 22.1 Å². The molecule has 2 heterocycles. The minimum Gasteiger partial charge on any atom is -0.491 e. The standard InChI is InChI=1S/C47H45ClN6O4/c1-32-15-9-14-24-43(32)57-31-42(56)44(53-40-22-12-10-20-38(40)51(45(53)49)29-34-16-5-3-6-17-34)47(33(2)55,58-37-27-25-36(48)26-28-37)54-41-23-13-11-21-39(41)52(46(54)50)30-35-18-7-4-8-19-35/h3-28,33,42,44,49-50,55-56H,29-31H2,1-2H3. The number of aliphatic hydroxyl groups excluding tert-OH is 2. The van der Waals surface area contributed by atoms with Crippen LogP contribution in [0.2, 0.25) is 5.02 Å². The Morgan fingerprint density at radius 2 is 1.12 bits per heavy atom. The summed E-state index contributed by atoms with van der Waals surface area (Å²) in [5.41, 5.74) is 3.54. The summed E-state index contributed by atoms with van der Waals surface area (Å²) >= 11 is 6.39. The van der Waals surface area contributed by atoms with Crippen LogP contribution in [0.15, 0.2) is 158 Å². The van der Waals surface area contributed by atoms with Crippen molar-refractivity contribution in [2.24, 2.45) is 0 Å². The summed E-state index contributed by atoms with van der Waals surface area (Å²) in [5, 5.41) is 46.1. The molecule has 58 heavy (non-hydrogen) atoms. The fourth-order valence-electron chi connectivity index (χ4n) is 8.04. The average Bonchev–Trinajstić information content (AvgIpc) is 3.67. The molecule has 0 saturated carbocycles. The summed E-state index contributed by atoms with van der Waals surface area (Å²) in [4.78, 5) is 0. The van der Waals surface area contributed by atoms with E-state index < -0.39 is 24.0 Å². The van der Waals surface area contributed by atoms with Gasteiger partial charge in [-0.3, -0.25) is 20.0 Å². The molecular weight excluding hydrogens is 748 g/mol. The summed E-state index contributed by atoms with van der Waals surface area (Å²) in [7, 11) is 0. The van der Waals surface area contributed by atoms with Crippen LogP contribution in [-0.2, 0) is 18.8 Å². The van der Waals surface area contributed by atoms with Crippen molar-refractivity contribution in [2.45, 2.75) is 50.9 Å². The van der Waals surface area contributed by atoms with Gasteiger partial charge in [-0.15, -0.1) is 0 Å². The largest absolute Gasteiger partial charge is 0.491 e. The number of rotatable bonds is 14. The number of ether oxygens (including phenoxy) is 2. The first-order chi connectivity index (χ1) is 28.2. The summed E-state index contributed by atoms with van der Waals surface area (Å²) in [6, 6.07) is 48.1. The molecule has 0 aliphatic carbocycles. The Kier molecular flexibility index (Phi) is 10.8. The molecule has 0 aliphatic heterocycles. The third kappa shape index (κ3) is 7.11. The van der Waals surface area contributed by atoms with E-state index in [1.807, 2.05) is 150 Å². The Hall–Kier alpha value is -6.33. The van der Waals surface area contributed by atoms with Crippen molar-refractivity contribution < 1.29 is 19.7 Å². The maximum Gasteiger partial charge on any atom is 0.238 e. The third-order valence-corrected chi connectivity index (χ3v) is 11.0. The molecule has 0 bridgehead atoms. The number of aryl methyl sites for hydroxylation is 1. The molecule has 4 N–H and O–H groups in total. The zero-order chi connectivity index (χ0) is 40.4. The summed E-state index contributed by atoms with van der Waals surface area (Å²) in [6.45, 7) is 4.00. The number of imidazole rings is 2. The van der Waals surface area contributed by atoms with Gasteiger partial charge in [0.2, 0.25) is 17.0 Å². The molecular formula is C47H45ClN6O4. The van der Waals surface area contributed by atoms with Gasteiger partial charge in [-0.1, -0.05) is 115 Å². The van der Waals surface area contributed by atoms with E-state index in [9.17, 15) is 21.0 Å². The average molecular weight is 793 g/mol. The molecule has 4 unspecified atom stereocenters. The normalized spacial score (nSPS) is 14.2. The van der Waals surface area contributed by atoms with Crippen LogP contribution >= 0.6 is 11.6 Å². The molecule has 4 atom stereocenters. The Morgan fingerprint density at radius 3 is 1.71 bits per heavy atom. The highest BCUT2D eigenvalue weighted by atomic mass is 35.5. The molecule has 0 radical (unpaired) electrons. The fraction of sp³-hybridized carbons (Fsp3) is 0.191. The van der Waals surface area contributed by atoms with Gasteiger partial charge in [0.25, 0.3) is 0 Å². The van der Waals surface area contributed by atoms with Crippen molar-refractivity contribution in [1.29, 1.82) is 10.8 Å². The molecule has 294 valence electrons. The quantitative estimate of drug-likeness (QED) is 0.0891. The Labute approximate surface area is 341 Å². The van der Waals surface area contributed by atoms with E-state index in [0.29, 0.717) is 46.2 Å². The van der Waals surface area contributed by atoms with Gasteiger partial charge in [-0.2, -0.15) is 0 Å². The molecule has 0 fully saturated rings. The van der Waals surface area contributed by atoms with Crippen molar-refractivity contribution in [3.63, 3.8) is 0 Å². The summed E-state index contributed by atoms with van der Waals surface area (Å²) in [5.74, 6) is 0.909. The first kappa shape index (κ1) is 38.5. The zero-order valence-electron chi connectivity index (χ0n) is 32.2. The Morgan fingerprint density at radius 1 is 0.621 bits per heavy atom. The van der Waals surface area contributed by atoms with E-state index in [-0.39, 0.29) is 17.8 Å². The van der Waals surface area contributed by atoms with Gasteiger partial charge < -0.3 is 28.8 Å². The van der Waals surface area contributed by atoms with E-state index in [2.05, 4.69) is 0 Å². The van der Waals surface area contributed by atoms with Gasteiger partial charge in [-0.25, -0.2) is 0 Å². The van der Waals surface area contributed by atoms with Crippen LogP contribution in [0.1, 0.15) is 29.7 Å². The summed E-state index contributed by atoms with van der Waals surface area (Å²) in [6.07, 6.45) is -2.86. The first-order valence-electron chi connectivity index (χ1n) is 19.2. The SMILES string of the molecule is Cc1ccccc1OCC(O)C(n1c(=N)n(Cc2ccccc2)c2ccccc21)C(Oc1ccc(Cl)cc1)(C(C)O)n1c(=N)n(Cc2ccccc2)c2ccccc21. The lowest BCUT2D eigenvalue weighted by Gasteiger charge is -2.46. The molecule has 0 saturated heterocycles. The van der Waals surface area contributed by atoms with Crippen molar-refractivity contribution in [3.8, 4) is 11.5 Å². The number of para-hydroxylation sites is 5. The maximum atomic E-state index is 12.9. The van der Waals surface area contributed by atoms with Crippen LogP contribution in [-0.4, -0.2) is 47.3 Å². The van der Waals surface area contributed by atoms with Gasteiger partial charge in [0.1, 0.15) is 36.4 Å². The lowest BCUT2D eigenvalue weighted by atomic mass is 9.91. The first-order valence-corrected chi connectivity index (χ1v) is 19.6. The molecule has 10 nitrogen and oxygen atoms in total. The van der Waals surface area contributed by atoms with Gasteiger partial charge in [0.05, 0.1) is 35.2 Å². The molecule has 0 spiro atoms. The fourth-order valence-corrected chi connectivity index (χ4v) is 8.16. The molecule has 11 heteroatoms. The van der Waals surface area contributed by atoms with Crippen LogP contribution in [0.3, 0.4) is 0 Å². The van der Waals surface area contributed by atoms with E-state index >= 15 is 0 Å². The molecule has 8 aromatic rings. The number of hydrogen-bond acceptors (Lipinski definition) is 6. The topological polar surface area (TPSA) is 126 Å². The predicted molar refractivity (Wildman–Crippen MR) is 226 cm³/mol. The second kappa shape index (κ2) is 16.3. The molecule has 0 aliphatic rings. The van der Waals surface area contributed by atoms with Crippen LogP contribution in [0, 0.1) is 17.7 Å². The maximum absolute atomic E-state index is 12.9. The van der Waals surface area contributed by atoms with E-state index in [1.54, 1.807) is 40.3 Å². The predicted octanol–water partition coefficient (Wildman–Crippen LogP) is 8.01. The van der Waals surface area contributed by atoms with Crippen molar-refractivity contribution in [1.82, 2.24) is 18.3 Å². The van der Waals surface area contributed by atoms with Gasteiger partial charge in [0, 0.05) is 5.02 Å². The lowest BCUT2D eigenvalue weighted by Crippen LogP contribution is -2.62. The van der Waals surface area contributed by atoms with E-state index in [1.165, 1.54) is 0 Å². The highest BCUT2D eigenvalue weighted by Gasteiger charge is 2.54. The molecule has 8 rings (SSSR count). The number of nitrogens with zero attached hydrogens (tertiary/aromatic N) is 4. The minimum absolute atomic E-state index is 0.0112. The highest BCUT2D eigenvalue weighted by Crippen LogP contribution is 2.42. The van der Waals surface area contributed by atoms with Crippen molar-refractivity contribution in [3.05, 3.63) is 191 Å². The Balaban J connectivity index is 1.45. The van der Waals surface area contributed by atoms with Gasteiger partial charge in [-0.05, 0) is 85.1 Å². The number of aliphatic hydroxyl groups is 2. The minimum atomic E-state index is -2.01. The van der Waals surface area contributed by atoms with Crippen LogP contribution in [0.4, 0.5) is 0 Å². The number of hydrogen-bond donors (Lipinski definition) is 4. The Bertz CT molecular complexity index is 2790. The number of nitrogens with one attached hydrogen (secondary N) is 2. The molecule has 6 aromatic carbocycles. The second-order valence-corrected chi connectivity index (χ2v) is 15.0. The molecule has 2 aromatic heterocycles.